The molecule has 0 spiro atoms. The van der Waals surface area contributed by atoms with E-state index in [0.717, 1.165) is 36.5 Å². The van der Waals surface area contributed by atoms with Crippen molar-refractivity contribution in [1.82, 2.24) is 4.90 Å². The van der Waals surface area contributed by atoms with Crippen LogP contribution in [0, 0.1) is 0 Å². The Hall–Kier alpha value is -3.62. The van der Waals surface area contributed by atoms with Crippen LogP contribution in [0.1, 0.15) is 25.0 Å². The van der Waals surface area contributed by atoms with E-state index in [1.54, 1.807) is 11.8 Å². The van der Waals surface area contributed by atoms with Gasteiger partial charge in [-0.1, -0.05) is 73.6 Å². The second-order valence-corrected chi connectivity index (χ2v) is 8.44. The minimum atomic E-state index is -1.26. The molecule has 3 rings (SSSR count). The van der Waals surface area contributed by atoms with Crippen LogP contribution in [0.2, 0.25) is 0 Å². The Kier molecular flexibility index (Phi) is 12.2. The molecule has 0 unspecified atom stereocenters. The standard InChI is InChI=1S/C24H28N2OS.C4H4O4/c1-4-26(5-2)17-18-27-25-24(20-13-15-21(28-3)16-14-20)23-12-8-10-19-9-6-7-11-22(19)23;5-3(6)1-2-4(7)8/h6-16H,4-5,17-18H2,1-3H3;1-2H,(H,5,6)(H,7,8)/b;2-1+. The second-order valence-electron chi connectivity index (χ2n) is 7.57. The van der Waals surface area contributed by atoms with E-state index in [4.69, 9.17) is 15.1 Å². The molecule has 0 radical (unpaired) electrons. The van der Waals surface area contributed by atoms with E-state index in [9.17, 15) is 9.59 Å². The Balaban J connectivity index is 0.000000493. The molecule has 7 nitrogen and oxygen atoms in total. The van der Waals surface area contributed by atoms with Crippen molar-refractivity contribution in [3.05, 3.63) is 90.0 Å². The van der Waals surface area contributed by atoms with E-state index in [0.29, 0.717) is 18.8 Å². The third kappa shape index (κ3) is 9.20. The van der Waals surface area contributed by atoms with Crippen LogP contribution < -0.4 is 0 Å². The molecular weight excluding hydrogens is 476 g/mol. The fourth-order valence-corrected chi connectivity index (χ4v) is 3.81. The molecule has 0 saturated heterocycles. The Labute approximate surface area is 216 Å². The molecule has 0 bridgehead atoms. The molecule has 0 fully saturated rings. The summed E-state index contributed by atoms with van der Waals surface area (Å²) in [7, 11) is 0. The fourth-order valence-electron chi connectivity index (χ4n) is 3.40. The molecule has 0 aromatic heterocycles. The molecular formula is C28H32N2O5S. The topological polar surface area (TPSA) is 99.4 Å². The van der Waals surface area contributed by atoms with Crippen LogP contribution in [0.25, 0.3) is 10.8 Å². The number of thioether (sulfide) groups is 1. The van der Waals surface area contributed by atoms with Crippen molar-refractivity contribution in [2.24, 2.45) is 5.16 Å². The average Bonchev–Trinajstić information content (AvgIpc) is 2.90. The predicted molar refractivity (Wildman–Crippen MR) is 146 cm³/mol. The first kappa shape index (κ1) is 28.6. The fraction of sp³-hybridized carbons (Fsp3) is 0.250. The summed E-state index contributed by atoms with van der Waals surface area (Å²) >= 11 is 1.74. The van der Waals surface area contributed by atoms with Crippen LogP contribution in [0.4, 0.5) is 0 Å². The lowest BCUT2D eigenvalue weighted by Crippen LogP contribution is -2.26. The number of hydrogen-bond donors (Lipinski definition) is 2. The number of nitrogens with zero attached hydrogens (tertiary/aromatic N) is 2. The molecule has 0 atom stereocenters. The van der Waals surface area contributed by atoms with Gasteiger partial charge in [-0.05, 0) is 42.3 Å². The number of oxime groups is 1. The molecule has 0 aliphatic rings. The number of fused-ring (bicyclic) bond motifs is 1. The monoisotopic (exact) mass is 508 g/mol. The molecule has 0 saturated carbocycles. The van der Waals surface area contributed by atoms with E-state index in [-0.39, 0.29) is 0 Å². The first-order valence-electron chi connectivity index (χ1n) is 11.6. The van der Waals surface area contributed by atoms with Crippen LogP contribution in [-0.4, -0.2) is 65.3 Å². The zero-order valence-electron chi connectivity index (χ0n) is 20.8. The van der Waals surface area contributed by atoms with Gasteiger partial charge in [-0.25, -0.2) is 9.59 Å². The van der Waals surface area contributed by atoms with Crippen molar-refractivity contribution in [2.75, 3.05) is 32.5 Å². The van der Waals surface area contributed by atoms with Crippen molar-refractivity contribution < 1.29 is 24.6 Å². The van der Waals surface area contributed by atoms with Crippen LogP contribution >= 0.6 is 11.8 Å². The Bertz CT molecular complexity index is 1170. The number of carboxylic acid groups (broad SMARTS) is 2. The largest absolute Gasteiger partial charge is 0.478 e. The number of carboxylic acids is 2. The van der Waals surface area contributed by atoms with Gasteiger partial charge in [0.05, 0.1) is 0 Å². The van der Waals surface area contributed by atoms with Crippen molar-refractivity contribution in [2.45, 2.75) is 18.7 Å². The molecule has 3 aromatic carbocycles. The lowest BCUT2D eigenvalue weighted by molar-refractivity contribution is -0.134. The van der Waals surface area contributed by atoms with Crippen LogP contribution in [0.5, 0.6) is 0 Å². The highest BCUT2D eigenvalue weighted by Crippen LogP contribution is 2.23. The number of benzene rings is 3. The molecule has 3 aromatic rings. The van der Waals surface area contributed by atoms with E-state index in [2.05, 4.69) is 96.9 Å². The number of aliphatic carboxylic acids is 2. The molecule has 0 aliphatic heterocycles. The third-order valence-corrected chi connectivity index (χ3v) is 6.07. The quantitative estimate of drug-likeness (QED) is 0.118. The molecule has 2 N–H and O–H groups in total. The maximum absolute atomic E-state index is 9.55. The third-order valence-electron chi connectivity index (χ3n) is 5.33. The molecule has 36 heavy (non-hydrogen) atoms. The zero-order valence-corrected chi connectivity index (χ0v) is 21.6. The summed E-state index contributed by atoms with van der Waals surface area (Å²) in [5.74, 6) is -2.51. The first-order chi connectivity index (χ1) is 17.4. The SMILES string of the molecule is CCN(CC)CCON=C(c1ccc(SC)cc1)c1cccc2ccccc12.O=C(O)/C=C/C(=O)O. The summed E-state index contributed by atoms with van der Waals surface area (Å²) in [5, 5.41) is 22.6. The van der Waals surface area contributed by atoms with Gasteiger partial charge in [0.2, 0.25) is 0 Å². The Morgan fingerprint density at radius 2 is 1.53 bits per heavy atom. The van der Waals surface area contributed by atoms with Gasteiger partial charge in [0, 0.05) is 34.7 Å². The minimum Gasteiger partial charge on any atom is -0.478 e. The van der Waals surface area contributed by atoms with Gasteiger partial charge in [0.15, 0.2) is 0 Å². The van der Waals surface area contributed by atoms with Crippen LogP contribution in [-0.2, 0) is 14.4 Å². The van der Waals surface area contributed by atoms with Crippen LogP contribution in [0.15, 0.2) is 88.9 Å². The maximum atomic E-state index is 9.55. The number of rotatable bonds is 11. The van der Waals surface area contributed by atoms with Crippen molar-refractivity contribution in [3.8, 4) is 0 Å². The van der Waals surface area contributed by atoms with Gasteiger partial charge >= 0.3 is 11.9 Å². The second kappa shape index (κ2) is 15.4. The molecule has 190 valence electrons. The molecule has 0 amide bonds. The van der Waals surface area contributed by atoms with Gasteiger partial charge < -0.3 is 20.0 Å². The number of likely N-dealkylation sites (N-methyl/N-ethyl adjacent to an activating group) is 1. The van der Waals surface area contributed by atoms with Crippen LogP contribution in [0.3, 0.4) is 0 Å². The van der Waals surface area contributed by atoms with Crippen molar-refractivity contribution in [3.63, 3.8) is 0 Å². The summed E-state index contributed by atoms with van der Waals surface area (Å²) in [5.41, 5.74) is 3.04. The normalized spacial score (nSPS) is 11.4. The molecule has 0 heterocycles. The first-order valence-corrected chi connectivity index (χ1v) is 12.8. The highest BCUT2D eigenvalue weighted by atomic mass is 32.2. The van der Waals surface area contributed by atoms with Crippen molar-refractivity contribution >= 4 is 40.2 Å². The summed E-state index contributed by atoms with van der Waals surface area (Å²) in [6, 6.07) is 23.3. The Morgan fingerprint density at radius 3 is 2.11 bits per heavy atom. The summed E-state index contributed by atoms with van der Waals surface area (Å²) < 4.78 is 0. The van der Waals surface area contributed by atoms with Gasteiger partial charge in [0.25, 0.3) is 0 Å². The maximum Gasteiger partial charge on any atom is 0.328 e. The van der Waals surface area contributed by atoms with Gasteiger partial charge in [-0.15, -0.1) is 11.8 Å². The van der Waals surface area contributed by atoms with Gasteiger partial charge in [0.1, 0.15) is 12.3 Å². The molecule has 8 heteroatoms. The van der Waals surface area contributed by atoms with E-state index in [1.807, 2.05) is 0 Å². The summed E-state index contributed by atoms with van der Waals surface area (Å²) in [6.07, 6.45) is 3.20. The van der Waals surface area contributed by atoms with E-state index in [1.165, 1.54) is 15.7 Å². The minimum absolute atomic E-state index is 0.558. The summed E-state index contributed by atoms with van der Waals surface area (Å²) in [6.45, 7) is 7.85. The van der Waals surface area contributed by atoms with Crippen molar-refractivity contribution in [1.29, 1.82) is 0 Å². The number of carbonyl (C=O) groups is 2. The predicted octanol–water partition coefficient (Wildman–Crippen LogP) is 5.38. The highest BCUT2D eigenvalue weighted by molar-refractivity contribution is 7.98. The Morgan fingerprint density at radius 1 is 0.917 bits per heavy atom. The lowest BCUT2D eigenvalue weighted by Gasteiger charge is -2.17. The highest BCUT2D eigenvalue weighted by Gasteiger charge is 2.12. The average molecular weight is 509 g/mol. The smallest absolute Gasteiger partial charge is 0.328 e. The summed E-state index contributed by atoms with van der Waals surface area (Å²) in [4.78, 5) is 28.5. The van der Waals surface area contributed by atoms with E-state index >= 15 is 0 Å². The van der Waals surface area contributed by atoms with Gasteiger partial charge in [-0.2, -0.15) is 0 Å². The lowest BCUT2D eigenvalue weighted by atomic mass is 9.97. The zero-order chi connectivity index (χ0) is 26.3. The molecule has 0 aliphatic carbocycles. The van der Waals surface area contributed by atoms with Gasteiger partial charge in [-0.3, -0.25) is 0 Å². The van der Waals surface area contributed by atoms with E-state index < -0.39 is 11.9 Å². The number of hydrogen-bond acceptors (Lipinski definition) is 6.